The van der Waals surface area contributed by atoms with Crippen LogP contribution in [0.4, 0.5) is 4.79 Å². The van der Waals surface area contributed by atoms with Gasteiger partial charge in [0.2, 0.25) is 0 Å². The molecule has 0 aliphatic heterocycles. The maximum Gasteiger partial charge on any atom is 0.315 e. The standard InChI is InChI=1S/C22H26ClN3O.C6H6IN/c1-15-18(3-2-8-24-15)9-17-10-22(11-17)12-20(13-22)26-21(27)25-14-16-4-6-19(23)7-5-16;1-5-6(7)3-2-4-8-5/h2-8,17,20H,9-14H2,1H3,(H2,25,26,27);2-4H,1H3. The molecule has 2 fully saturated rings. The van der Waals surface area contributed by atoms with Crippen molar-refractivity contribution in [3.63, 3.8) is 0 Å². The second-order valence-electron chi connectivity index (χ2n) is 9.86. The number of hydrogen-bond donors (Lipinski definition) is 2. The van der Waals surface area contributed by atoms with Crippen LogP contribution in [0.15, 0.2) is 60.9 Å². The molecule has 2 aliphatic rings. The molecular weight excluding hydrogens is 571 g/mol. The van der Waals surface area contributed by atoms with Crippen molar-refractivity contribution in [1.82, 2.24) is 20.6 Å². The molecule has 0 atom stereocenters. The molecule has 0 unspecified atom stereocenters. The molecule has 5 nitrogen and oxygen atoms in total. The number of nitrogens with zero attached hydrogens (tertiary/aromatic N) is 2. The first kappa shape index (κ1) is 25.9. The first-order valence-electron chi connectivity index (χ1n) is 12.1. The Kier molecular flexibility index (Phi) is 8.65. The minimum absolute atomic E-state index is 0.0772. The maximum atomic E-state index is 12.1. The molecule has 2 aliphatic carbocycles. The van der Waals surface area contributed by atoms with Gasteiger partial charge in [-0.2, -0.15) is 0 Å². The van der Waals surface area contributed by atoms with Gasteiger partial charge in [-0.15, -0.1) is 0 Å². The Labute approximate surface area is 226 Å². The van der Waals surface area contributed by atoms with Crippen molar-refractivity contribution in [3.8, 4) is 0 Å². The number of rotatable bonds is 5. The Balaban J connectivity index is 0.000000308. The van der Waals surface area contributed by atoms with E-state index in [4.69, 9.17) is 11.6 Å². The normalized spacial score (nSPS) is 22.3. The van der Waals surface area contributed by atoms with Crippen molar-refractivity contribution in [2.45, 2.75) is 58.5 Å². The molecule has 2 heterocycles. The third kappa shape index (κ3) is 7.17. The molecule has 35 heavy (non-hydrogen) atoms. The van der Waals surface area contributed by atoms with Crippen molar-refractivity contribution >= 4 is 40.2 Å². The lowest BCUT2D eigenvalue weighted by Gasteiger charge is -2.58. The molecule has 2 aromatic heterocycles. The Morgan fingerprint density at radius 2 is 1.66 bits per heavy atom. The molecule has 0 radical (unpaired) electrons. The molecule has 7 heteroatoms. The number of halogens is 2. The highest BCUT2D eigenvalue weighted by Crippen LogP contribution is 2.59. The maximum absolute atomic E-state index is 12.1. The monoisotopic (exact) mass is 602 g/mol. The fraction of sp³-hybridized carbons (Fsp3) is 0.393. The quantitative estimate of drug-likeness (QED) is 0.322. The number of carbonyl (C=O) groups excluding carboxylic acids is 1. The average molecular weight is 603 g/mol. The number of urea groups is 1. The Morgan fingerprint density at radius 3 is 2.26 bits per heavy atom. The SMILES string of the molecule is Cc1ncccc1CC1CC2(C1)CC(NC(=O)NCc1ccc(Cl)cc1)C2.Cc1ncccc1I. The Bertz CT molecular complexity index is 1120. The largest absolute Gasteiger partial charge is 0.335 e. The van der Waals surface area contributed by atoms with Crippen LogP contribution in [-0.2, 0) is 13.0 Å². The summed E-state index contributed by atoms with van der Waals surface area (Å²) >= 11 is 8.14. The zero-order chi connectivity index (χ0) is 24.8. The first-order chi connectivity index (χ1) is 16.8. The molecule has 5 rings (SSSR count). The molecule has 0 bridgehead atoms. The minimum Gasteiger partial charge on any atom is -0.335 e. The van der Waals surface area contributed by atoms with Gasteiger partial charge in [0, 0.05) is 39.3 Å². The van der Waals surface area contributed by atoms with E-state index in [9.17, 15) is 4.79 Å². The summed E-state index contributed by atoms with van der Waals surface area (Å²) in [7, 11) is 0. The lowest BCUT2D eigenvalue weighted by Crippen LogP contribution is -2.57. The zero-order valence-corrected chi connectivity index (χ0v) is 23.1. The van der Waals surface area contributed by atoms with Gasteiger partial charge in [0.1, 0.15) is 0 Å². The van der Waals surface area contributed by atoms with Crippen LogP contribution in [0.3, 0.4) is 0 Å². The van der Waals surface area contributed by atoms with E-state index >= 15 is 0 Å². The number of pyridine rings is 2. The topological polar surface area (TPSA) is 66.9 Å². The number of aryl methyl sites for hydroxylation is 2. The summed E-state index contributed by atoms with van der Waals surface area (Å²) in [6.45, 7) is 4.62. The van der Waals surface area contributed by atoms with E-state index < -0.39 is 0 Å². The predicted octanol–water partition coefficient (Wildman–Crippen LogP) is 6.64. The highest BCUT2D eigenvalue weighted by atomic mass is 127. The van der Waals surface area contributed by atoms with E-state index in [0.29, 0.717) is 23.0 Å². The van der Waals surface area contributed by atoms with E-state index in [1.165, 1.54) is 22.0 Å². The lowest BCUT2D eigenvalue weighted by molar-refractivity contribution is -0.0455. The van der Waals surface area contributed by atoms with Crippen LogP contribution in [0.5, 0.6) is 0 Å². The fourth-order valence-electron chi connectivity index (χ4n) is 5.26. The van der Waals surface area contributed by atoms with E-state index in [0.717, 1.165) is 42.1 Å². The third-order valence-corrected chi connectivity index (χ3v) is 8.46. The number of benzene rings is 1. The van der Waals surface area contributed by atoms with Crippen LogP contribution in [0, 0.1) is 28.8 Å². The third-order valence-electron chi connectivity index (χ3n) is 7.07. The number of hydrogen-bond acceptors (Lipinski definition) is 3. The van der Waals surface area contributed by atoms with E-state index in [2.05, 4.69) is 56.2 Å². The minimum atomic E-state index is -0.0772. The van der Waals surface area contributed by atoms with E-state index in [1.807, 2.05) is 55.6 Å². The lowest BCUT2D eigenvalue weighted by atomic mass is 9.49. The second-order valence-corrected chi connectivity index (χ2v) is 11.5. The summed E-state index contributed by atoms with van der Waals surface area (Å²) in [6.07, 6.45) is 9.60. The van der Waals surface area contributed by atoms with Gasteiger partial charge in [-0.1, -0.05) is 29.8 Å². The van der Waals surface area contributed by atoms with Gasteiger partial charge < -0.3 is 10.6 Å². The predicted molar refractivity (Wildman–Crippen MR) is 149 cm³/mol. The van der Waals surface area contributed by atoms with E-state index in [1.54, 1.807) is 6.20 Å². The average Bonchev–Trinajstić information content (AvgIpc) is 2.79. The summed E-state index contributed by atoms with van der Waals surface area (Å²) in [5.74, 6) is 0.771. The van der Waals surface area contributed by atoms with Gasteiger partial charge in [-0.25, -0.2) is 4.79 Å². The van der Waals surface area contributed by atoms with Crippen LogP contribution < -0.4 is 10.6 Å². The van der Waals surface area contributed by atoms with Crippen LogP contribution in [-0.4, -0.2) is 22.0 Å². The molecule has 2 N–H and O–H groups in total. The second kappa shape index (κ2) is 11.7. The van der Waals surface area contributed by atoms with Crippen LogP contribution in [0.25, 0.3) is 0 Å². The summed E-state index contributed by atoms with van der Waals surface area (Å²) in [5, 5.41) is 6.75. The van der Waals surface area contributed by atoms with Gasteiger partial charge in [0.05, 0.1) is 5.69 Å². The molecule has 2 amide bonds. The zero-order valence-electron chi connectivity index (χ0n) is 20.2. The van der Waals surface area contributed by atoms with Crippen LogP contribution >= 0.6 is 34.2 Å². The smallest absolute Gasteiger partial charge is 0.315 e. The molecule has 0 saturated heterocycles. The van der Waals surface area contributed by atoms with Gasteiger partial charge >= 0.3 is 6.03 Å². The molecule has 3 aromatic rings. The highest BCUT2D eigenvalue weighted by molar-refractivity contribution is 14.1. The van der Waals surface area contributed by atoms with Crippen molar-refractivity contribution in [2.75, 3.05) is 0 Å². The molecule has 2 saturated carbocycles. The van der Waals surface area contributed by atoms with Crippen molar-refractivity contribution < 1.29 is 4.79 Å². The molecular formula is C28H32ClIN4O. The van der Waals surface area contributed by atoms with Gasteiger partial charge in [-0.3, -0.25) is 9.97 Å². The molecule has 184 valence electrons. The van der Waals surface area contributed by atoms with Gasteiger partial charge in [-0.05, 0) is 121 Å². The summed E-state index contributed by atoms with van der Waals surface area (Å²) in [4.78, 5) is 20.6. The van der Waals surface area contributed by atoms with Gasteiger partial charge in [0.15, 0.2) is 0 Å². The fourth-order valence-corrected chi connectivity index (χ4v) is 5.73. The van der Waals surface area contributed by atoms with Crippen molar-refractivity contribution in [1.29, 1.82) is 0 Å². The summed E-state index contributed by atoms with van der Waals surface area (Å²) < 4.78 is 1.23. The first-order valence-corrected chi connectivity index (χ1v) is 13.5. The number of carbonyl (C=O) groups is 1. The van der Waals surface area contributed by atoms with Crippen LogP contribution in [0.2, 0.25) is 5.02 Å². The van der Waals surface area contributed by atoms with Crippen LogP contribution in [0.1, 0.15) is 48.2 Å². The van der Waals surface area contributed by atoms with Gasteiger partial charge in [0.25, 0.3) is 0 Å². The number of aromatic nitrogens is 2. The molecule has 1 spiro atoms. The Hall–Kier alpha value is -2.19. The van der Waals surface area contributed by atoms with E-state index in [-0.39, 0.29) is 6.03 Å². The number of amides is 2. The molecule has 1 aromatic carbocycles. The highest BCUT2D eigenvalue weighted by Gasteiger charge is 2.52. The Morgan fingerprint density at radius 1 is 1.00 bits per heavy atom. The van der Waals surface area contributed by atoms with Crippen molar-refractivity contribution in [3.05, 3.63) is 92.0 Å². The summed E-state index contributed by atoms with van der Waals surface area (Å²) in [5.41, 5.74) is 5.17. The summed E-state index contributed by atoms with van der Waals surface area (Å²) in [6, 6.07) is 16.0. The van der Waals surface area contributed by atoms with Crippen molar-refractivity contribution in [2.24, 2.45) is 11.3 Å². The number of nitrogens with one attached hydrogen (secondary N) is 2.